The van der Waals surface area contributed by atoms with Gasteiger partial charge in [-0.2, -0.15) is 0 Å². The highest BCUT2D eigenvalue weighted by Gasteiger charge is 2.31. The number of rotatable bonds is 4. The third kappa shape index (κ3) is 3.41. The quantitative estimate of drug-likeness (QED) is 0.734. The van der Waals surface area contributed by atoms with E-state index in [1.807, 2.05) is 0 Å². The van der Waals surface area contributed by atoms with E-state index in [-0.39, 0.29) is 6.61 Å². The van der Waals surface area contributed by atoms with Gasteiger partial charge in [-0.05, 0) is 44.8 Å². The van der Waals surface area contributed by atoms with Crippen molar-refractivity contribution in [3.05, 3.63) is 0 Å². The van der Waals surface area contributed by atoms with Crippen LogP contribution in [0, 0.1) is 5.92 Å². The lowest BCUT2D eigenvalue weighted by molar-refractivity contribution is 0.158. The summed E-state index contributed by atoms with van der Waals surface area (Å²) in [5, 5.41) is 9.00. The van der Waals surface area contributed by atoms with Crippen LogP contribution >= 0.6 is 0 Å². The molecule has 2 unspecified atom stereocenters. The lowest BCUT2D eigenvalue weighted by atomic mass is 10.0. The highest BCUT2D eigenvalue weighted by Crippen LogP contribution is 2.29. The van der Waals surface area contributed by atoms with E-state index in [1.165, 1.54) is 32.2 Å². The molecule has 0 radical (unpaired) electrons. The fraction of sp³-hybridized carbons (Fsp3) is 1.00. The first kappa shape index (κ1) is 13.3. The average Bonchev–Trinajstić information content (AvgIpc) is 2.70. The number of aliphatic hydroxyl groups is 1. The van der Waals surface area contributed by atoms with Crippen molar-refractivity contribution in [1.82, 2.24) is 9.80 Å². The summed E-state index contributed by atoms with van der Waals surface area (Å²) in [7, 11) is 0. The Morgan fingerprint density at radius 3 is 2.71 bits per heavy atom. The minimum absolute atomic E-state index is 0.287. The summed E-state index contributed by atoms with van der Waals surface area (Å²) in [6.45, 7) is 6.57. The molecule has 4 nitrogen and oxygen atoms in total. The van der Waals surface area contributed by atoms with E-state index in [4.69, 9.17) is 10.8 Å². The van der Waals surface area contributed by atoms with Gasteiger partial charge in [0.25, 0.3) is 0 Å². The van der Waals surface area contributed by atoms with Gasteiger partial charge in [-0.15, -0.1) is 0 Å². The molecule has 1 aliphatic carbocycles. The van der Waals surface area contributed by atoms with E-state index in [2.05, 4.69) is 9.80 Å². The summed E-state index contributed by atoms with van der Waals surface area (Å²) in [5.41, 5.74) is 5.87. The number of hydrogen-bond donors (Lipinski definition) is 2. The van der Waals surface area contributed by atoms with Crippen LogP contribution in [-0.4, -0.2) is 66.8 Å². The van der Waals surface area contributed by atoms with Crippen LogP contribution in [0.5, 0.6) is 0 Å². The van der Waals surface area contributed by atoms with Gasteiger partial charge in [0.1, 0.15) is 0 Å². The molecule has 1 heterocycles. The Hall–Kier alpha value is -0.160. The van der Waals surface area contributed by atoms with E-state index in [0.29, 0.717) is 0 Å². The van der Waals surface area contributed by atoms with Crippen molar-refractivity contribution in [1.29, 1.82) is 0 Å². The molecule has 0 bridgehead atoms. The molecule has 0 aromatic heterocycles. The van der Waals surface area contributed by atoms with Crippen LogP contribution in [0.15, 0.2) is 0 Å². The first-order valence-electron chi connectivity index (χ1n) is 7.12. The Morgan fingerprint density at radius 1 is 1.06 bits per heavy atom. The zero-order valence-corrected chi connectivity index (χ0v) is 10.9. The average molecular weight is 241 g/mol. The Labute approximate surface area is 105 Å². The molecule has 0 aromatic rings. The maximum absolute atomic E-state index is 9.00. The molecule has 0 spiro atoms. The molecular weight excluding hydrogens is 214 g/mol. The van der Waals surface area contributed by atoms with Gasteiger partial charge in [-0.25, -0.2) is 0 Å². The van der Waals surface area contributed by atoms with Crippen molar-refractivity contribution >= 4 is 0 Å². The standard InChI is InChI=1S/C13H27N3O/c14-11-12-3-1-4-13(12)16-6-2-5-15(7-8-16)9-10-17/h12-13,17H,1-11,14H2. The summed E-state index contributed by atoms with van der Waals surface area (Å²) < 4.78 is 0. The second-order valence-electron chi connectivity index (χ2n) is 5.45. The van der Waals surface area contributed by atoms with Crippen molar-refractivity contribution < 1.29 is 5.11 Å². The van der Waals surface area contributed by atoms with Gasteiger partial charge in [0, 0.05) is 25.7 Å². The molecule has 1 saturated carbocycles. The predicted molar refractivity (Wildman–Crippen MR) is 69.9 cm³/mol. The zero-order valence-electron chi connectivity index (χ0n) is 10.9. The summed E-state index contributed by atoms with van der Waals surface area (Å²) in [5.74, 6) is 0.722. The topological polar surface area (TPSA) is 52.7 Å². The van der Waals surface area contributed by atoms with E-state index in [0.717, 1.165) is 44.7 Å². The minimum Gasteiger partial charge on any atom is -0.395 e. The number of β-amino-alcohol motifs (C(OH)–C–C–N with tert-alkyl or cyclic N) is 1. The van der Waals surface area contributed by atoms with Crippen LogP contribution < -0.4 is 5.73 Å². The fourth-order valence-electron chi connectivity index (χ4n) is 3.46. The van der Waals surface area contributed by atoms with Crippen molar-refractivity contribution in [3.8, 4) is 0 Å². The Bertz CT molecular complexity index is 225. The van der Waals surface area contributed by atoms with E-state index in [9.17, 15) is 0 Å². The monoisotopic (exact) mass is 241 g/mol. The molecule has 2 rings (SSSR count). The second-order valence-corrected chi connectivity index (χ2v) is 5.45. The van der Waals surface area contributed by atoms with Crippen molar-refractivity contribution in [2.45, 2.75) is 31.7 Å². The Kier molecular flexibility index (Phi) is 5.22. The molecule has 2 atom stereocenters. The lowest BCUT2D eigenvalue weighted by Crippen LogP contribution is -2.42. The van der Waals surface area contributed by atoms with Gasteiger partial charge in [-0.3, -0.25) is 9.80 Å². The number of hydrogen-bond acceptors (Lipinski definition) is 4. The molecule has 0 aromatic carbocycles. The smallest absolute Gasteiger partial charge is 0.0558 e. The molecular formula is C13H27N3O. The first-order chi connectivity index (χ1) is 8.35. The van der Waals surface area contributed by atoms with Crippen molar-refractivity contribution in [3.63, 3.8) is 0 Å². The second kappa shape index (κ2) is 6.69. The highest BCUT2D eigenvalue weighted by atomic mass is 16.3. The maximum Gasteiger partial charge on any atom is 0.0558 e. The van der Waals surface area contributed by atoms with Gasteiger partial charge in [-0.1, -0.05) is 6.42 Å². The van der Waals surface area contributed by atoms with Gasteiger partial charge >= 0.3 is 0 Å². The SMILES string of the molecule is NCC1CCCC1N1CCCN(CCO)CC1. The molecule has 3 N–H and O–H groups in total. The van der Waals surface area contributed by atoms with Gasteiger partial charge in [0.05, 0.1) is 6.61 Å². The summed E-state index contributed by atoms with van der Waals surface area (Å²) in [4.78, 5) is 5.04. The Morgan fingerprint density at radius 2 is 1.94 bits per heavy atom. The molecule has 2 aliphatic rings. The van der Waals surface area contributed by atoms with Crippen LogP contribution in [-0.2, 0) is 0 Å². The van der Waals surface area contributed by atoms with Crippen LogP contribution in [0.2, 0.25) is 0 Å². The Balaban J connectivity index is 1.85. The largest absolute Gasteiger partial charge is 0.395 e. The predicted octanol–water partition coefficient (Wildman–Crippen LogP) is 0.114. The zero-order chi connectivity index (χ0) is 12.1. The number of nitrogens with two attached hydrogens (primary N) is 1. The highest BCUT2D eigenvalue weighted by molar-refractivity contribution is 4.87. The van der Waals surface area contributed by atoms with Crippen LogP contribution in [0.1, 0.15) is 25.7 Å². The normalized spacial score (nSPS) is 32.8. The van der Waals surface area contributed by atoms with Gasteiger partial charge in [0.15, 0.2) is 0 Å². The van der Waals surface area contributed by atoms with Gasteiger partial charge in [0.2, 0.25) is 0 Å². The molecule has 1 saturated heterocycles. The van der Waals surface area contributed by atoms with Gasteiger partial charge < -0.3 is 10.8 Å². The molecule has 4 heteroatoms. The van der Waals surface area contributed by atoms with Crippen LogP contribution in [0.3, 0.4) is 0 Å². The molecule has 100 valence electrons. The van der Waals surface area contributed by atoms with Crippen molar-refractivity contribution in [2.24, 2.45) is 11.7 Å². The van der Waals surface area contributed by atoms with Crippen LogP contribution in [0.4, 0.5) is 0 Å². The third-order valence-corrected chi connectivity index (χ3v) is 4.43. The fourth-order valence-corrected chi connectivity index (χ4v) is 3.46. The van der Waals surface area contributed by atoms with E-state index < -0.39 is 0 Å². The first-order valence-corrected chi connectivity index (χ1v) is 7.12. The maximum atomic E-state index is 9.00. The van der Waals surface area contributed by atoms with E-state index in [1.54, 1.807) is 0 Å². The van der Waals surface area contributed by atoms with Crippen molar-refractivity contribution in [2.75, 3.05) is 45.9 Å². The summed E-state index contributed by atoms with van der Waals surface area (Å²) in [6, 6.07) is 0.731. The number of aliphatic hydroxyl groups excluding tert-OH is 1. The third-order valence-electron chi connectivity index (χ3n) is 4.43. The van der Waals surface area contributed by atoms with E-state index >= 15 is 0 Å². The molecule has 17 heavy (non-hydrogen) atoms. The summed E-state index contributed by atoms with van der Waals surface area (Å²) in [6.07, 6.45) is 5.23. The minimum atomic E-state index is 0.287. The molecule has 2 fully saturated rings. The number of nitrogens with zero attached hydrogens (tertiary/aromatic N) is 2. The summed E-state index contributed by atoms with van der Waals surface area (Å²) >= 11 is 0. The van der Waals surface area contributed by atoms with Crippen LogP contribution in [0.25, 0.3) is 0 Å². The molecule has 0 amide bonds. The molecule has 1 aliphatic heterocycles. The lowest BCUT2D eigenvalue weighted by Gasteiger charge is -2.31.